The number of rotatable bonds is 30. The Morgan fingerprint density at radius 1 is 0.481 bits per heavy atom. The van der Waals surface area contributed by atoms with E-state index >= 15 is 0 Å². The summed E-state index contributed by atoms with van der Waals surface area (Å²) in [7, 11) is 0.781. The number of hydrogen-bond acceptors (Lipinski definition) is 0. The number of nitrogens with one attached hydrogen (secondary N) is 1. The van der Waals surface area contributed by atoms with Gasteiger partial charge in [-0.25, -0.2) is 4.90 Å². The van der Waals surface area contributed by atoms with Crippen LogP contribution < -0.4 is 4.90 Å². The van der Waals surface area contributed by atoms with Crippen LogP contribution in [0.5, 0.6) is 0 Å². The zero-order valence-electron chi connectivity index (χ0n) is 35.6. The summed E-state index contributed by atoms with van der Waals surface area (Å²) in [6.07, 6.45) is 29.5. The van der Waals surface area contributed by atoms with E-state index in [4.69, 9.17) is 0 Å². The van der Waals surface area contributed by atoms with Crippen molar-refractivity contribution in [2.45, 2.75) is 221 Å². The van der Waals surface area contributed by atoms with Crippen molar-refractivity contribution in [2.75, 3.05) is 7.05 Å². The molecule has 0 aliphatic rings. The Labute approximate surface area is 320 Å². The first-order valence-electron chi connectivity index (χ1n) is 22.3. The van der Waals surface area contributed by atoms with Crippen LogP contribution in [0.15, 0.2) is 30.3 Å². The lowest BCUT2D eigenvalue weighted by atomic mass is 9.16. The highest BCUT2D eigenvalue weighted by Gasteiger charge is 2.66. The summed E-state index contributed by atoms with van der Waals surface area (Å²) in [6, 6.07) is 2.01. The van der Waals surface area contributed by atoms with Crippen LogP contribution in [0.1, 0.15) is 184 Å². The molecule has 0 heterocycles. The molecule has 0 fully saturated rings. The molecule has 0 aliphatic heterocycles. The molecule has 0 aromatic heterocycles. The Morgan fingerprint density at radius 3 is 1.00 bits per heavy atom. The molecule has 0 spiro atoms. The molecule has 1 aromatic carbocycles. The second-order valence-electron chi connectivity index (χ2n) is 16.8. The third-order valence-corrected chi connectivity index (χ3v) is 13.0. The molecule has 0 saturated heterocycles. The van der Waals surface area contributed by atoms with Crippen molar-refractivity contribution >= 4 is 11.8 Å². The smallest absolute Gasteiger partial charge is 0.236 e. The minimum atomic E-state index is -5.55. The molecule has 5 unspecified atom stereocenters. The van der Waals surface area contributed by atoms with Crippen molar-refractivity contribution in [2.24, 2.45) is 23.7 Å². The lowest BCUT2D eigenvalue weighted by molar-refractivity contribution is -0.933. The third kappa shape index (κ3) is 20.5. The van der Waals surface area contributed by atoms with Crippen LogP contribution in [-0.2, 0) is 0 Å². The van der Waals surface area contributed by atoms with Crippen molar-refractivity contribution in [3.05, 3.63) is 30.3 Å². The van der Waals surface area contributed by atoms with Gasteiger partial charge in [0.1, 0.15) is 5.69 Å². The number of unbranched alkanes of at least 4 members (excludes halogenated alkanes) is 4. The SMILES string of the molecule is CCCCC(CC)CC[B-](CCC(CC)CCCC)(CCC(CC)CCCC)CCC(CC)CCCC.C[NH+](c1ccccc1)C(F)(F)C(F)(F)F. The Morgan fingerprint density at radius 2 is 0.769 bits per heavy atom. The maximum atomic E-state index is 12.8. The Balaban J connectivity index is 0.00000143. The van der Waals surface area contributed by atoms with E-state index in [-0.39, 0.29) is 11.8 Å². The van der Waals surface area contributed by atoms with E-state index < -0.39 is 17.1 Å². The molecule has 0 saturated carbocycles. The molecule has 0 bridgehead atoms. The maximum Gasteiger partial charge on any atom is 0.515 e. The molecule has 1 rings (SSSR count). The first kappa shape index (κ1) is 50.9. The molecule has 5 atom stereocenters. The van der Waals surface area contributed by atoms with E-state index in [0.717, 1.165) is 30.7 Å². The van der Waals surface area contributed by atoms with Gasteiger partial charge in [0.05, 0.1) is 7.05 Å². The van der Waals surface area contributed by atoms with Gasteiger partial charge in [-0.3, -0.25) is 0 Å². The van der Waals surface area contributed by atoms with Gasteiger partial charge >= 0.3 is 12.2 Å². The Kier molecular flexibility index (Phi) is 28.6. The predicted molar refractivity (Wildman–Crippen MR) is 221 cm³/mol. The number of halogens is 5. The van der Waals surface area contributed by atoms with Gasteiger partial charge in [0, 0.05) is 6.15 Å². The van der Waals surface area contributed by atoms with Crippen molar-refractivity contribution < 1.29 is 26.9 Å². The van der Waals surface area contributed by atoms with Gasteiger partial charge < -0.3 is 0 Å². The minimum absolute atomic E-state index is 0.111. The fraction of sp³-hybridized carbons (Fsp3) is 0.867. The highest BCUT2D eigenvalue weighted by atomic mass is 19.4. The van der Waals surface area contributed by atoms with Gasteiger partial charge in [0.25, 0.3) is 0 Å². The molecule has 308 valence electrons. The number of benzene rings is 1. The summed E-state index contributed by atoms with van der Waals surface area (Å²) in [4.78, 5) is -0.990. The lowest BCUT2D eigenvalue weighted by Crippen LogP contribution is -3.14. The topological polar surface area (TPSA) is 4.44 Å². The summed E-state index contributed by atoms with van der Waals surface area (Å²) >= 11 is 0. The zero-order chi connectivity index (χ0) is 39.5. The minimum Gasteiger partial charge on any atom is -0.236 e. The molecule has 1 N–H and O–H groups in total. The van der Waals surface area contributed by atoms with Gasteiger partial charge in [-0.2, -0.15) is 38.5 Å². The van der Waals surface area contributed by atoms with Crippen molar-refractivity contribution in [3.8, 4) is 0 Å². The van der Waals surface area contributed by atoms with Crippen molar-refractivity contribution in [1.82, 2.24) is 0 Å². The average molecular weight is 746 g/mol. The first-order chi connectivity index (χ1) is 24.7. The summed E-state index contributed by atoms with van der Waals surface area (Å²) in [6.45, 7) is 19.4. The van der Waals surface area contributed by atoms with Crippen LogP contribution in [-0.4, -0.2) is 25.4 Å². The monoisotopic (exact) mass is 746 g/mol. The zero-order valence-corrected chi connectivity index (χ0v) is 35.6. The van der Waals surface area contributed by atoms with Crippen molar-refractivity contribution in [3.63, 3.8) is 0 Å². The molecule has 1 nitrogen and oxygen atoms in total. The van der Waals surface area contributed by atoms with Crippen LogP contribution in [0.2, 0.25) is 25.3 Å². The number of alkyl halides is 5. The second kappa shape index (κ2) is 29.2. The van der Waals surface area contributed by atoms with E-state index in [1.54, 1.807) is 31.3 Å². The van der Waals surface area contributed by atoms with Gasteiger partial charge in [0.2, 0.25) is 0 Å². The normalized spacial score (nSPS) is 16.3. The Hall–Kier alpha value is -1.11. The molecule has 0 amide bonds. The molecular weight excluding hydrogens is 660 g/mol. The lowest BCUT2D eigenvalue weighted by Gasteiger charge is -2.44. The third-order valence-electron chi connectivity index (χ3n) is 13.0. The van der Waals surface area contributed by atoms with Gasteiger partial charge in [-0.15, -0.1) is 8.78 Å². The van der Waals surface area contributed by atoms with Crippen LogP contribution in [0, 0.1) is 23.7 Å². The average Bonchev–Trinajstić information content (AvgIpc) is 3.14. The Bertz CT molecular complexity index is 854. The maximum absolute atomic E-state index is 12.8. The standard InChI is InChI=1S/C36H76B.C9H8F5N/c1-9-17-21-33(13-5)25-29-37(30-26-34(14-6)22-18-10-2,31-27-35(15-7)23-19-11-3)32-28-36(16-8)24-20-12-4;1-15(7-5-3-2-4-6-7)9(13,14)8(10,11)12/h33-36H,9-32H2,1-8H3;2-6H,1H3/q-1;/p+1. The van der Waals surface area contributed by atoms with E-state index in [0.29, 0.717) is 0 Å². The molecular formula is C45H85BF5N. The van der Waals surface area contributed by atoms with Gasteiger partial charge in [-0.05, 0) is 35.8 Å². The fourth-order valence-electron chi connectivity index (χ4n) is 8.49. The quantitative estimate of drug-likeness (QED) is 0.0454. The molecule has 0 radical (unpaired) electrons. The summed E-state index contributed by atoms with van der Waals surface area (Å²) in [5.74, 6) is 3.92. The van der Waals surface area contributed by atoms with Crippen LogP contribution in [0.3, 0.4) is 0 Å². The van der Waals surface area contributed by atoms with Gasteiger partial charge in [0.15, 0.2) is 0 Å². The largest absolute Gasteiger partial charge is 0.515 e. The molecule has 7 heteroatoms. The van der Waals surface area contributed by atoms with E-state index in [1.807, 2.05) is 0 Å². The van der Waals surface area contributed by atoms with E-state index in [2.05, 4.69) is 55.4 Å². The van der Waals surface area contributed by atoms with Crippen molar-refractivity contribution in [1.29, 1.82) is 0 Å². The second-order valence-corrected chi connectivity index (χ2v) is 16.8. The molecule has 0 aliphatic carbocycles. The fourth-order valence-corrected chi connectivity index (χ4v) is 8.49. The predicted octanol–water partition coefficient (Wildman–Crippen LogP) is 15.8. The summed E-state index contributed by atoms with van der Waals surface area (Å²) in [5, 5.41) is 0. The number of quaternary nitrogens is 1. The highest BCUT2D eigenvalue weighted by Crippen LogP contribution is 2.40. The molecule has 1 aromatic rings. The van der Waals surface area contributed by atoms with Gasteiger partial charge in [-0.1, -0.05) is 202 Å². The number of para-hydroxylation sites is 1. The van der Waals surface area contributed by atoms with Crippen LogP contribution in [0.4, 0.5) is 27.6 Å². The molecule has 52 heavy (non-hydrogen) atoms. The van der Waals surface area contributed by atoms with Crippen LogP contribution >= 0.6 is 0 Å². The first-order valence-corrected chi connectivity index (χ1v) is 22.3. The van der Waals surface area contributed by atoms with E-state index in [9.17, 15) is 22.0 Å². The van der Waals surface area contributed by atoms with E-state index in [1.165, 1.54) is 153 Å². The summed E-state index contributed by atoms with van der Waals surface area (Å²) in [5.41, 5.74) is -0.111. The summed E-state index contributed by atoms with van der Waals surface area (Å²) < 4.78 is 61.7. The van der Waals surface area contributed by atoms with Crippen LogP contribution in [0.25, 0.3) is 0 Å². The number of hydrogen-bond donors (Lipinski definition) is 1. The highest BCUT2D eigenvalue weighted by molar-refractivity contribution is 6.79.